The number of hydrogen-bond donors (Lipinski definition) is 1. The van der Waals surface area contributed by atoms with Crippen LogP contribution in [-0.2, 0) is 0 Å². The Morgan fingerprint density at radius 3 is 2.23 bits per heavy atom. The monoisotopic (exact) mass is 183 g/mol. The van der Waals surface area contributed by atoms with E-state index in [2.05, 4.69) is 0 Å². The lowest BCUT2D eigenvalue weighted by Crippen LogP contribution is -2.61. The molecular formula is C9H17N3O. The zero-order valence-corrected chi connectivity index (χ0v) is 7.91. The first-order valence-electron chi connectivity index (χ1n) is 5.07. The quantitative estimate of drug-likeness (QED) is 0.584. The number of carbonyl (C=O) groups is 1. The van der Waals surface area contributed by atoms with Gasteiger partial charge in [-0.1, -0.05) is 0 Å². The van der Waals surface area contributed by atoms with E-state index in [0.717, 1.165) is 39.0 Å². The molecule has 2 N–H and O–H groups in total. The van der Waals surface area contributed by atoms with E-state index in [1.807, 2.05) is 9.80 Å². The number of hydrogen-bond acceptors (Lipinski definition) is 2. The highest BCUT2D eigenvalue weighted by Crippen LogP contribution is 2.14. The van der Waals surface area contributed by atoms with Gasteiger partial charge in [-0.2, -0.15) is 0 Å². The minimum absolute atomic E-state index is 0.196. The standard InChI is InChI=1S/C9H17N3O/c10-8-6-12(7-8)9(13)11-4-2-1-3-5-11/h8H,1-7,10H2. The summed E-state index contributed by atoms with van der Waals surface area (Å²) in [6.07, 6.45) is 3.58. The highest BCUT2D eigenvalue weighted by Gasteiger charge is 2.31. The molecule has 0 radical (unpaired) electrons. The van der Waals surface area contributed by atoms with Crippen molar-refractivity contribution in [2.24, 2.45) is 5.73 Å². The molecule has 74 valence electrons. The second kappa shape index (κ2) is 3.54. The van der Waals surface area contributed by atoms with Gasteiger partial charge in [-0.3, -0.25) is 0 Å². The molecule has 2 aliphatic heterocycles. The summed E-state index contributed by atoms with van der Waals surface area (Å²) in [6.45, 7) is 3.36. The van der Waals surface area contributed by atoms with Crippen molar-refractivity contribution in [2.45, 2.75) is 25.3 Å². The molecule has 0 aromatic rings. The Hall–Kier alpha value is -0.770. The fraction of sp³-hybridized carbons (Fsp3) is 0.889. The van der Waals surface area contributed by atoms with E-state index >= 15 is 0 Å². The van der Waals surface area contributed by atoms with Gasteiger partial charge in [0.05, 0.1) is 0 Å². The summed E-state index contributed by atoms with van der Waals surface area (Å²) in [6, 6.07) is 0.412. The lowest BCUT2D eigenvalue weighted by Gasteiger charge is -2.41. The molecule has 0 aromatic carbocycles. The van der Waals surface area contributed by atoms with Crippen molar-refractivity contribution in [1.29, 1.82) is 0 Å². The lowest BCUT2D eigenvalue weighted by atomic mass is 10.1. The number of urea groups is 1. The van der Waals surface area contributed by atoms with Crippen molar-refractivity contribution in [3.63, 3.8) is 0 Å². The molecule has 4 heteroatoms. The number of nitrogens with two attached hydrogens (primary N) is 1. The number of carbonyl (C=O) groups excluding carboxylic acids is 1. The van der Waals surface area contributed by atoms with Crippen LogP contribution in [-0.4, -0.2) is 48.1 Å². The molecule has 0 atom stereocenters. The second-order valence-electron chi connectivity index (χ2n) is 4.00. The molecule has 13 heavy (non-hydrogen) atoms. The molecule has 2 fully saturated rings. The van der Waals surface area contributed by atoms with Crippen LogP contribution in [0.15, 0.2) is 0 Å². The number of nitrogens with zero attached hydrogens (tertiary/aromatic N) is 2. The van der Waals surface area contributed by atoms with E-state index in [1.54, 1.807) is 0 Å². The maximum atomic E-state index is 11.7. The van der Waals surface area contributed by atoms with Crippen LogP contribution in [0.3, 0.4) is 0 Å². The van der Waals surface area contributed by atoms with Gasteiger partial charge in [-0.05, 0) is 19.3 Å². The molecule has 2 rings (SSSR count). The Kier molecular flexibility index (Phi) is 2.40. The molecule has 0 unspecified atom stereocenters. The molecule has 0 saturated carbocycles. The lowest BCUT2D eigenvalue weighted by molar-refractivity contribution is 0.109. The van der Waals surface area contributed by atoms with Gasteiger partial charge in [0.1, 0.15) is 0 Å². The summed E-state index contributed by atoms with van der Waals surface area (Å²) >= 11 is 0. The first kappa shape index (κ1) is 8.81. The predicted octanol–water partition coefficient (Wildman–Crippen LogP) is 0.235. The third-order valence-electron chi connectivity index (χ3n) is 2.81. The first-order chi connectivity index (χ1) is 6.27. The molecule has 2 amide bonds. The van der Waals surface area contributed by atoms with Gasteiger partial charge in [-0.15, -0.1) is 0 Å². The van der Waals surface area contributed by atoms with Gasteiger partial charge in [0.2, 0.25) is 0 Å². The van der Waals surface area contributed by atoms with Crippen LogP contribution < -0.4 is 5.73 Å². The zero-order chi connectivity index (χ0) is 9.26. The van der Waals surface area contributed by atoms with Crippen LogP contribution in [0.4, 0.5) is 4.79 Å². The largest absolute Gasteiger partial charge is 0.325 e. The third-order valence-corrected chi connectivity index (χ3v) is 2.81. The Morgan fingerprint density at radius 2 is 1.69 bits per heavy atom. The Labute approximate surface area is 78.7 Å². The highest BCUT2D eigenvalue weighted by atomic mass is 16.2. The first-order valence-corrected chi connectivity index (χ1v) is 5.07. The summed E-state index contributed by atoms with van der Waals surface area (Å²) in [5.74, 6) is 0. The van der Waals surface area contributed by atoms with E-state index in [9.17, 15) is 4.79 Å². The van der Waals surface area contributed by atoms with Crippen LogP contribution in [0.1, 0.15) is 19.3 Å². The topological polar surface area (TPSA) is 49.6 Å². The molecule has 0 bridgehead atoms. The van der Waals surface area contributed by atoms with Crippen molar-refractivity contribution < 1.29 is 4.79 Å². The Morgan fingerprint density at radius 1 is 1.08 bits per heavy atom. The van der Waals surface area contributed by atoms with E-state index in [4.69, 9.17) is 5.73 Å². The average molecular weight is 183 g/mol. The average Bonchev–Trinajstić information content (AvgIpc) is 2.13. The van der Waals surface area contributed by atoms with Gasteiger partial charge in [0, 0.05) is 32.2 Å². The summed E-state index contributed by atoms with van der Waals surface area (Å²) in [4.78, 5) is 15.5. The van der Waals surface area contributed by atoms with E-state index in [1.165, 1.54) is 6.42 Å². The third kappa shape index (κ3) is 1.77. The SMILES string of the molecule is NC1CN(C(=O)N2CCCCC2)C1. The molecule has 2 saturated heterocycles. The summed E-state index contributed by atoms with van der Waals surface area (Å²) in [7, 11) is 0. The van der Waals surface area contributed by atoms with Crippen molar-refractivity contribution >= 4 is 6.03 Å². The summed E-state index contributed by atoms with van der Waals surface area (Å²) in [5, 5.41) is 0. The number of amides is 2. The number of piperidine rings is 1. The molecule has 0 aromatic heterocycles. The van der Waals surface area contributed by atoms with Crippen molar-refractivity contribution in [3.05, 3.63) is 0 Å². The Balaban J connectivity index is 1.82. The van der Waals surface area contributed by atoms with Crippen LogP contribution in [0.2, 0.25) is 0 Å². The van der Waals surface area contributed by atoms with Crippen LogP contribution in [0.5, 0.6) is 0 Å². The summed E-state index contributed by atoms with van der Waals surface area (Å²) < 4.78 is 0. The van der Waals surface area contributed by atoms with Gasteiger partial charge < -0.3 is 15.5 Å². The molecule has 2 heterocycles. The molecule has 0 spiro atoms. The normalized spacial score (nSPS) is 24.4. The van der Waals surface area contributed by atoms with E-state index in [0.29, 0.717) is 0 Å². The zero-order valence-electron chi connectivity index (χ0n) is 7.91. The fourth-order valence-electron chi connectivity index (χ4n) is 1.95. The van der Waals surface area contributed by atoms with Crippen LogP contribution in [0, 0.1) is 0 Å². The Bertz CT molecular complexity index is 195. The fourth-order valence-corrected chi connectivity index (χ4v) is 1.95. The molecular weight excluding hydrogens is 166 g/mol. The van der Waals surface area contributed by atoms with Gasteiger partial charge in [0.25, 0.3) is 0 Å². The minimum atomic E-state index is 0.196. The van der Waals surface area contributed by atoms with Crippen LogP contribution >= 0.6 is 0 Å². The summed E-state index contributed by atoms with van der Waals surface area (Å²) in [5.41, 5.74) is 5.62. The molecule has 0 aliphatic carbocycles. The van der Waals surface area contributed by atoms with Gasteiger partial charge in [0.15, 0.2) is 0 Å². The molecule has 4 nitrogen and oxygen atoms in total. The predicted molar refractivity (Wildman–Crippen MR) is 50.4 cm³/mol. The van der Waals surface area contributed by atoms with Gasteiger partial charge in [-0.25, -0.2) is 4.79 Å². The van der Waals surface area contributed by atoms with Crippen LogP contribution in [0.25, 0.3) is 0 Å². The van der Waals surface area contributed by atoms with E-state index < -0.39 is 0 Å². The second-order valence-corrected chi connectivity index (χ2v) is 4.00. The maximum Gasteiger partial charge on any atom is 0.320 e. The van der Waals surface area contributed by atoms with Crippen molar-refractivity contribution in [1.82, 2.24) is 9.80 Å². The maximum absolute atomic E-state index is 11.7. The van der Waals surface area contributed by atoms with E-state index in [-0.39, 0.29) is 12.1 Å². The van der Waals surface area contributed by atoms with Crippen molar-refractivity contribution in [2.75, 3.05) is 26.2 Å². The molecule has 2 aliphatic rings. The number of likely N-dealkylation sites (tertiary alicyclic amines) is 2. The highest BCUT2D eigenvalue weighted by molar-refractivity contribution is 5.75. The van der Waals surface area contributed by atoms with Crippen molar-refractivity contribution in [3.8, 4) is 0 Å². The number of rotatable bonds is 0. The minimum Gasteiger partial charge on any atom is -0.325 e. The smallest absolute Gasteiger partial charge is 0.320 e. The van der Waals surface area contributed by atoms with Gasteiger partial charge >= 0.3 is 6.03 Å².